The Morgan fingerprint density at radius 3 is 2.13 bits per heavy atom. The van der Waals surface area contributed by atoms with Gasteiger partial charge < -0.3 is 4.89 Å². The third-order valence-corrected chi connectivity index (χ3v) is 6.45. The van der Waals surface area contributed by atoms with Gasteiger partial charge in [-0.2, -0.15) is 0 Å². The summed E-state index contributed by atoms with van der Waals surface area (Å²) in [5.74, 6) is 0.790. The highest BCUT2D eigenvalue weighted by Gasteiger charge is 2.33. The van der Waals surface area contributed by atoms with Gasteiger partial charge in [0.15, 0.2) is 0 Å². The monoisotopic (exact) mass is 445 g/mol. The van der Waals surface area contributed by atoms with Crippen LogP contribution >= 0.6 is 7.75 Å². The molecule has 0 aromatic heterocycles. The number of carbonyl (C=O) groups excluding carboxylic acids is 1. The number of benzene rings is 2. The first-order valence-corrected chi connectivity index (χ1v) is 12.8. The van der Waals surface area contributed by atoms with E-state index in [1.54, 1.807) is 6.92 Å². The predicted octanol–water partition coefficient (Wildman–Crippen LogP) is 6.47. The van der Waals surface area contributed by atoms with E-state index < -0.39 is 13.3 Å². The number of hydrogen-bond acceptors (Lipinski definition) is 3. The van der Waals surface area contributed by atoms with Crippen LogP contribution in [0.25, 0.3) is 0 Å². The molecule has 2 aromatic carbocycles. The van der Waals surface area contributed by atoms with Crippen LogP contribution in [0.2, 0.25) is 0 Å². The molecule has 0 heterocycles. The number of Topliss-reactive ketones (excluding diaryl/α,β-unsaturated/α-hetero) is 1. The molecular formula is C25H36NO4P. The zero-order valence-corrected chi connectivity index (χ0v) is 19.6. The average molecular weight is 446 g/mol. The second-order valence-corrected chi connectivity index (χ2v) is 9.87. The second-order valence-electron chi connectivity index (χ2n) is 8.56. The van der Waals surface area contributed by atoms with Crippen molar-refractivity contribution in [2.75, 3.05) is 0 Å². The number of unbranched alkanes of at least 4 members (excludes halogenated alkanes) is 2. The van der Waals surface area contributed by atoms with E-state index in [9.17, 15) is 14.3 Å². The van der Waals surface area contributed by atoms with E-state index in [1.807, 2.05) is 36.4 Å². The number of nitrogens with two attached hydrogens (primary N) is 1. The third-order valence-electron chi connectivity index (χ3n) is 5.79. The van der Waals surface area contributed by atoms with Gasteiger partial charge in [-0.25, -0.2) is 10.1 Å². The highest BCUT2D eigenvalue weighted by molar-refractivity contribution is 7.50. The zero-order valence-electron chi connectivity index (χ0n) is 18.7. The standard InChI is InChI=1S/C25H36NO4P/c1-21(22-14-5-3-6-15-22)13-9-10-18-24(27)19-11-12-20-25(2,30-31(26,28)29)23-16-7-4-8-17-23/h3-8,14-17,21H,9-13,18-20H2,1-2H3,(H3,26,28,29). The van der Waals surface area contributed by atoms with Gasteiger partial charge in [0.05, 0.1) is 0 Å². The molecule has 0 fully saturated rings. The Balaban J connectivity index is 1.70. The van der Waals surface area contributed by atoms with Crippen LogP contribution in [0.4, 0.5) is 0 Å². The Hall–Kier alpha value is -1.78. The van der Waals surface area contributed by atoms with Crippen LogP contribution in [-0.2, 0) is 19.5 Å². The first kappa shape index (κ1) is 25.5. The van der Waals surface area contributed by atoms with E-state index in [4.69, 9.17) is 10.0 Å². The van der Waals surface area contributed by atoms with Crippen LogP contribution in [0.5, 0.6) is 0 Å². The maximum Gasteiger partial charge on any atom is 0.401 e. The van der Waals surface area contributed by atoms with Gasteiger partial charge in [-0.1, -0.05) is 74.0 Å². The van der Waals surface area contributed by atoms with Gasteiger partial charge in [0.1, 0.15) is 11.4 Å². The van der Waals surface area contributed by atoms with Crippen LogP contribution in [0, 0.1) is 0 Å². The molecule has 3 N–H and O–H groups in total. The quantitative estimate of drug-likeness (QED) is 0.257. The third kappa shape index (κ3) is 9.49. The van der Waals surface area contributed by atoms with E-state index in [2.05, 4.69) is 31.2 Å². The minimum absolute atomic E-state index is 0.279. The smallest absolute Gasteiger partial charge is 0.313 e. The highest BCUT2D eigenvalue weighted by atomic mass is 31.2. The van der Waals surface area contributed by atoms with E-state index in [1.165, 1.54) is 5.56 Å². The van der Waals surface area contributed by atoms with Gasteiger partial charge in [-0.05, 0) is 56.1 Å². The van der Waals surface area contributed by atoms with Crippen molar-refractivity contribution in [2.24, 2.45) is 5.50 Å². The van der Waals surface area contributed by atoms with Crippen molar-refractivity contribution in [2.45, 2.75) is 76.7 Å². The predicted molar refractivity (Wildman–Crippen MR) is 126 cm³/mol. The fraction of sp³-hybridized carbons (Fsp3) is 0.480. The van der Waals surface area contributed by atoms with E-state index in [0.29, 0.717) is 31.6 Å². The lowest BCUT2D eigenvalue weighted by atomic mass is 9.90. The molecule has 0 aliphatic rings. The Labute approximate surface area is 186 Å². The van der Waals surface area contributed by atoms with E-state index in [0.717, 1.165) is 31.2 Å². The average Bonchev–Trinajstić information content (AvgIpc) is 2.74. The SMILES string of the molecule is CC(CCCCC(=O)CCCCC(C)(OP(N)(=O)O)c1ccccc1)c1ccccc1. The Kier molecular flexibility index (Phi) is 10.1. The molecule has 3 unspecified atom stereocenters. The van der Waals surface area contributed by atoms with Crippen LogP contribution in [0.3, 0.4) is 0 Å². The molecule has 5 nitrogen and oxygen atoms in total. The molecule has 170 valence electrons. The molecule has 0 saturated carbocycles. The molecule has 0 amide bonds. The van der Waals surface area contributed by atoms with Gasteiger partial charge in [0.2, 0.25) is 0 Å². The van der Waals surface area contributed by atoms with Gasteiger partial charge >= 0.3 is 7.75 Å². The van der Waals surface area contributed by atoms with Crippen molar-refractivity contribution >= 4 is 13.5 Å². The summed E-state index contributed by atoms with van der Waals surface area (Å²) < 4.78 is 17.0. The van der Waals surface area contributed by atoms with Crippen molar-refractivity contribution in [3.05, 3.63) is 71.8 Å². The molecule has 0 aliphatic heterocycles. The van der Waals surface area contributed by atoms with Crippen molar-refractivity contribution in [1.29, 1.82) is 0 Å². The van der Waals surface area contributed by atoms with Crippen molar-refractivity contribution in [3.8, 4) is 0 Å². The molecule has 6 heteroatoms. The lowest BCUT2D eigenvalue weighted by molar-refractivity contribution is -0.119. The summed E-state index contributed by atoms with van der Waals surface area (Å²) >= 11 is 0. The molecule has 0 aliphatic carbocycles. The number of hydrogen-bond donors (Lipinski definition) is 2. The second kappa shape index (κ2) is 12.3. The molecular weight excluding hydrogens is 409 g/mol. The Morgan fingerprint density at radius 2 is 1.55 bits per heavy atom. The summed E-state index contributed by atoms with van der Waals surface area (Å²) in [5.41, 5.74) is 6.46. The van der Waals surface area contributed by atoms with Crippen LogP contribution < -0.4 is 5.50 Å². The Bertz CT molecular complexity index is 837. The molecule has 0 saturated heterocycles. The maximum absolute atomic E-state index is 12.2. The summed E-state index contributed by atoms with van der Waals surface area (Å²) in [7, 11) is -4.14. The summed E-state index contributed by atoms with van der Waals surface area (Å²) in [6.45, 7) is 4.00. The van der Waals surface area contributed by atoms with Gasteiger partial charge in [0, 0.05) is 12.8 Å². The molecule has 0 bridgehead atoms. The van der Waals surface area contributed by atoms with Crippen molar-refractivity contribution in [1.82, 2.24) is 0 Å². The van der Waals surface area contributed by atoms with Crippen molar-refractivity contribution < 1.29 is 18.8 Å². The largest absolute Gasteiger partial charge is 0.401 e. The van der Waals surface area contributed by atoms with Crippen LogP contribution in [-0.4, -0.2) is 10.7 Å². The zero-order chi connectivity index (χ0) is 22.7. The highest BCUT2D eigenvalue weighted by Crippen LogP contribution is 2.45. The lowest BCUT2D eigenvalue weighted by Gasteiger charge is -2.31. The normalized spacial score (nSPS) is 16.3. The minimum Gasteiger partial charge on any atom is -0.313 e. The molecule has 0 spiro atoms. The fourth-order valence-electron chi connectivity index (χ4n) is 3.95. The number of carbonyl (C=O) groups is 1. The summed E-state index contributed by atoms with van der Waals surface area (Å²) in [6.07, 6.45) is 6.14. The maximum atomic E-state index is 12.2. The van der Waals surface area contributed by atoms with E-state index >= 15 is 0 Å². The van der Waals surface area contributed by atoms with Crippen molar-refractivity contribution in [3.63, 3.8) is 0 Å². The molecule has 31 heavy (non-hydrogen) atoms. The number of ketones is 1. The number of rotatable bonds is 14. The minimum atomic E-state index is -4.14. The van der Waals surface area contributed by atoms with Crippen LogP contribution in [0.1, 0.15) is 82.3 Å². The first-order chi connectivity index (χ1) is 14.7. The van der Waals surface area contributed by atoms with Crippen LogP contribution in [0.15, 0.2) is 60.7 Å². The molecule has 2 aromatic rings. The van der Waals surface area contributed by atoms with Gasteiger partial charge in [0.25, 0.3) is 0 Å². The summed E-state index contributed by atoms with van der Waals surface area (Å²) in [6, 6.07) is 19.8. The fourth-order valence-corrected chi connectivity index (χ4v) is 4.73. The lowest BCUT2D eigenvalue weighted by Crippen LogP contribution is -2.26. The Morgan fingerprint density at radius 1 is 1.00 bits per heavy atom. The van der Waals surface area contributed by atoms with Gasteiger partial charge in [-0.15, -0.1) is 0 Å². The summed E-state index contributed by atoms with van der Waals surface area (Å²) in [4.78, 5) is 21.8. The summed E-state index contributed by atoms with van der Waals surface area (Å²) in [5, 5.41) is 0. The van der Waals surface area contributed by atoms with Gasteiger partial charge in [-0.3, -0.25) is 9.32 Å². The van der Waals surface area contributed by atoms with E-state index in [-0.39, 0.29) is 5.78 Å². The topological polar surface area (TPSA) is 89.6 Å². The first-order valence-electron chi connectivity index (χ1n) is 11.1. The molecule has 3 atom stereocenters. The molecule has 0 radical (unpaired) electrons. The molecule has 2 rings (SSSR count).